The van der Waals surface area contributed by atoms with Crippen LogP contribution in [0.25, 0.3) is 5.57 Å². The minimum atomic E-state index is -4.52. The number of carbonyl (C=O) groups excluding carboxylic acids is 2. The summed E-state index contributed by atoms with van der Waals surface area (Å²) in [7, 11) is 0. The lowest BCUT2D eigenvalue weighted by atomic mass is 9.83. The molecule has 2 amide bonds. The molecule has 2 heterocycles. The average molecular weight is 519 g/mol. The van der Waals surface area contributed by atoms with Crippen LogP contribution in [-0.2, 0) is 15.8 Å². The fourth-order valence-corrected chi connectivity index (χ4v) is 4.67. The zero-order valence-corrected chi connectivity index (χ0v) is 20.7. The maximum atomic E-state index is 13.3. The predicted molar refractivity (Wildman–Crippen MR) is 133 cm³/mol. The summed E-state index contributed by atoms with van der Waals surface area (Å²) in [5.74, 6) is -0.300. The van der Waals surface area contributed by atoms with Crippen molar-refractivity contribution in [3.8, 4) is 11.5 Å². The first-order chi connectivity index (χ1) is 17.6. The van der Waals surface area contributed by atoms with E-state index < -0.39 is 23.2 Å². The van der Waals surface area contributed by atoms with Crippen molar-refractivity contribution in [1.29, 1.82) is 0 Å². The number of hydrogen-bond acceptors (Lipinski definition) is 5. The van der Waals surface area contributed by atoms with Crippen molar-refractivity contribution in [2.45, 2.75) is 51.3 Å². The molecular formula is C27H29F3N2O5. The van der Waals surface area contributed by atoms with E-state index in [0.29, 0.717) is 60.5 Å². The van der Waals surface area contributed by atoms with Gasteiger partial charge in [-0.25, -0.2) is 0 Å². The highest BCUT2D eigenvalue weighted by molar-refractivity contribution is 6.07. The zero-order valence-electron chi connectivity index (χ0n) is 20.7. The molecule has 0 aliphatic carbocycles. The number of para-hydroxylation sites is 1. The molecule has 2 aliphatic heterocycles. The molecule has 0 saturated heterocycles. The van der Waals surface area contributed by atoms with Crippen molar-refractivity contribution in [3.63, 3.8) is 0 Å². The highest BCUT2D eigenvalue weighted by Crippen LogP contribution is 2.46. The summed E-state index contributed by atoms with van der Waals surface area (Å²) in [5, 5.41) is 12.0. The van der Waals surface area contributed by atoms with E-state index in [9.17, 15) is 22.8 Å². The van der Waals surface area contributed by atoms with E-state index in [1.54, 1.807) is 18.2 Å². The van der Waals surface area contributed by atoms with Crippen LogP contribution >= 0.6 is 0 Å². The maximum absolute atomic E-state index is 13.3. The predicted octanol–water partition coefficient (Wildman–Crippen LogP) is 5.18. The number of rotatable bonds is 7. The van der Waals surface area contributed by atoms with Gasteiger partial charge < -0.3 is 24.8 Å². The van der Waals surface area contributed by atoms with Crippen LogP contribution in [0.5, 0.6) is 11.5 Å². The van der Waals surface area contributed by atoms with E-state index >= 15 is 0 Å². The van der Waals surface area contributed by atoms with E-state index in [2.05, 4.69) is 5.32 Å². The molecule has 2 aliphatic rings. The van der Waals surface area contributed by atoms with Crippen molar-refractivity contribution in [2.75, 3.05) is 30.0 Å². The highest BCUT2D eigenvalue weighted by Gasteiger charge is 2.38. The SMILES string of the molecule is CCC1(CC)CC(=CC(=O)Nc2cccc3c2OCC(=O)N3CCCO)c2ccc(C(F)(F)F)cc2O1. The summed E-state index contributed by atoms with van der Waals surface area (Å²) in [4.78, 5) is 27.0. The van der Waals surface area contributed by atoms with Gasteiger partial charge in [0.15, 0.2) is 12.4 Å². The lowest BCUT2D eigenvalue weighted by Crippen LogP contribution is -2.40. The molecule has 0 fully saturated rings. The Balaban J connectivity index is 1.66. The van der Waals surface area contributed by atoms with Crippen LogP contribution in [0.1, 0.15) is 50.7 Å². The van der Waals surface area contributed by atoms with Crippen molar-refractivity contribution >= 4 is 28.8 Å². The Morgan fingerprint density at radius 3 is 2.65 bits per heavy atom. The fraction of sp³-hybridized carbons (Fsp3) is 0.407. The lowest BCUT2D eigenvalue weighted by molar-refractivity contribution is -0.137. The number of alkyl halides is 3. The van der Waals surface area contributed by atoms with Gasteiger partial charge in [0, 0.05) is 31.2 Å². The van der Waals surface area contributed by atoms with Gasteiger partial charge in [-0.2, -0.15) is 13.2 Å². The number of aliphatic hydroxyl groups is 1. The van der Waals surface area contributed by atoms with Gasteiger partial charge in [0.2, 0.25) is 5.91 Å². The van der Waals surface area contributed by atoms with Crippen LogP contribution in [0.4, 0.5) is 24.5 Å². The minimum Gasteiger partial charge on any atom is -0.486 e. The molecule has 4 rings (SSSR count). The molecule has 0 saturated carbocycles. The van der Waals surface area contributed by atoms with Crippen molar-refractivity contribution in [3.05, 3.63) is 53.6 Å². The van der Waals surface area contributed by atoms with Crippen molar-refractivity contribution in [2.24, 2.45) is 0 Å². The number of ether oxygens (including phenoxy) is 2. The third kappa shape index (κ3) is 5.44. The molecule has 7 nitrogen and oxygen atoms in total. The van der Waals surface area contributed by atoms with E-state index in [1.807, 2.05) is 13.8 Å². The van der Waals surface area contributed by atoms with E-state index in [0.717, 1.165) is 12.1 Å². The summed E-state index contributed by atoms with van der Waals surface area (Å²) in [6.07, 6.45) is -1.28. The molecule has 198 valence electrons. The normalized spacial score (nSPS) is 17.5. The monoisotopic (exact) mass is 518 g/mol. The number of halogens is 3. The largest absolute Gasteiger partial charge is 0.486 e. The maximum Gasteiger partial charge on any atom is 0.416 e. The van der Waals surface area contributed by atoms with Gasteiger partial charge in [0.1, 0.15) is 11.4 Å². The Labute approximate surface area is 212 Å². The quantitative estimate of drug-likeness (QED) is 0.494. The molecule has 0 aromatic heterocycles. The van der Waals surface area contributed by atoms with Gasteiger partial charge >= 0.3 is 6.18 Å². The van der Waals surface area contributed by atoms with Gasteiger partial charge in [-0.05, 0) is 49.1 Å². The number of amides is 2. The smallest absolute Gasteiger partial charge is 0.416 e. The summed E-state index contributed by atoms with van der Waals surface area (Å²) in [6, 6.07) is 8.33. The van der Waals surface area contributed by atoms with Gasteiger partial charge in [-0.15, -0.1) is 0 Å². The van der Waals surface area contributed by atoms with E-state index in [1.165, 1.54) is 17.0 Å². The zero-order chi connectivity index (χ0) is 26.8. The van der Waals surface area contributed by atoms with Gasteiger partial charge in [0.25, 0.3) is 5.91 Å². The van der Waals surface area contributed by atoms with Crippen LogP contribution in [0.2, 0.25) is 0 Å². The van der Waals surface area contributed by atoms with Crippen LogP contribution in [-0.4, -0.2) is 42.3 Å². The minimum absolute atomic E-state index is 0.0728. The number of nitrogens with zero attached hydrogens (tertiary/aromatic N) is 1. The first kappa shape index (κ1) is 26.5. The van der Waals surface area contributed by atoms with E-state index in [4.69, 9.17) is 14.6 Å². The number of fused-ring (bicyclic) bond motifs is 2. The van der Waals surface area contributed by atoms with Crippen molar-refractivity contribution < 1.29 is 37.3 Å². The number of aliphatic hydroxyl groups excluding tert-OH is 1. The Kier molecular flexibility index (Phi) is 7.49. The summed E-state index contributed by atoms with van der Waals surface area (Å²) >= 11 is 0. The standard InChI is InChI=1S/C27H29F3N2O5/c1-3-26(4-2)15-17(19-10-9-18(27(28,29)30)14-22(19)37-26)13-23(34)31-20-7-5-8-21-25(20)36-16-24(35)32(21)11-6-12-33/h5,7-10,13-14,33H,3-4,6,11-12,15-16H2,1-2H3,(H,31,34). The summed E-state index contributed by atoms with van der Waals surface area (Å²) in [5.41, 5.74) is 0.312. The van der Waals surface area contributed by atoms with Gasteiger partial charge in [-0.3, -0.25) is 9.59 Å². The molecule has 0 bridgehead atoms. The Hall–Kier alpha value is -3.53. The molecule has 0 radical (unpaired) electrons. The molecule has 37 heavy (non-hydrogen) atoms. The summed E-state index contributed by atoms with van der Waals surface area (Å²) in [6.45, 7) is 3.83. The number of hydrogen-bond donors (Lipinski definition) is 2. The molecular weight excluding hydrogens is 489 g/mol. The number of benzene rings is 2. The topological polar surface area (TPSA) is 88.1 Å². The molecule has 0 atom stereocenters. The van der Waals surface area contributed by atoms with Crippen LogP contribution < -0.4 is 19.7 Å². The third-order valence-corrected chi connectivity index (χ3v) is 6.81. The van der Waals surface area contributed by atoms with Crippen LogP contribution in [0, 0.1) is 0 Å². The Morgan fingerprint density at radius 1 is 1.22 bits per heavy atom. The van der Waals surface area contributed by atoms with Crippen LogP contribution in [0.3, 0.4) is 0 Å². The van der Waals surface area contributed by atoms with Gasteiger partial charge in [0.05, 0.1) is 16.9 Å². The average Bonchev–Trinajstić information content (AvgIpc) is 2.87. The Bertz CT molecular complexity index is 1220. The molecule has 2 aromatic carbocycles. The second-order valence-electron chi connectivity index (χ2n) is 9.10. The summed E-state index contributed by atoms with van der Waals surface area (Å²) < 4.78 is 51.7. The fourth-order valence-electron chi connectivity index (χ4n) is 4.67. The van der Waals surface area contributed by atoms with Crippen LogP contribution in [0.15, 0.2) is 42.5 Å². The second kappa shape index (κ2) is 10.5. The molecule has 2 N–H and O–H groups in total. The first-order valence-electron chi connectivity index (χ1n) is 12.2. The molecule has 0 spiro atoms. The molecule has 2 aromatic rings. The van der Waals surface area contributed by atoms with E-state index in [-0.39, 0.29) is 24.9 Å². The highest BCUT2D eigenvalue weighted by atomic mass is 19.4. The third-order valence-electron chi connectivity index (χ3n) is 6.81. The van der Waals surface area contributed by atoms with Crippen molar-refractivity contribution in [1.82, 2.24) is 0 Å². The number of carbonyl (C=O) groups is 2. The Morgan fingerprint density at radius 2 is 1.97 bits per heavy atom. The van der Waals surface area contributed by atoms with Gasteiger partial charge in [-0.1, -0.05) is 26.0 Å². The second-order valence-corrected chi connectivity index (χ2v) is 9.10. The first-order valence-corrected chi connectivity index (χ1v) is 12.2. The number of anilines is 2. The lowest BCUT2D eigenvalue weighted by Gasteiger charge is -2.39. The number of nitrogens with one attached hydrogen (secondary N) is 1. The molecule has 0 unspecified atom stereocenters. The molecule has 10 heteroatoms.